The van der Waals surface area contributed by atoms with Crippen molar-refractivity contribution in [1.29, 1.82) is 0 Å². The molecule has 1 aliphatic carbocycles. The number of fused-ring (bicyclic) bond motifs is 1. The van der Waals surface area contributed by atoms with Crippen molar-refractivity contribution in [3.05, 3.63) is 29.8 Å². The second-order valence-corrected chi connectivity index (χ2v) is 9.18. The first-order chi connectivity index (χ1) is 14.0. The third-order valence-electron chi connectivity index (χ3n) is 6.90. The fourth-order valence-electron chi connectivity index (χ4n) is 4.96. The lowest BCUT2D eigenvalue weighted by atomic mass is 9.86. The molecule has 29 heavy (non-hydrogen) atoms. The summed E-state index contributed by atoms with van der Waals surface area (Å²) in [5.41, 5.74) is 0.134. The van der Waals surface area contributed by atoms with E-state index in [-0.39, 0.29) is 24.4 Å². The highest BCUT2D eigenvalue weighted by molar-refractivity contribution is 5.99. The van der Waals surface area contributed by atoms with Crippen LogP contribution in [0.2, 0.25) is 0 Å². The van der Waals surface area contributed by atoms with E-state index in [9.17, 15) is 9.59 Å². The summed E-state index contributed by atoms with van der Waals surface area (Å²) in [6.45, 7) is 4.62. The summed E-state index contributed by atoms with van der Waals surface area (Å²) in [6, 6.07) is 7.66. The molecule has 2 atom stereocenters. The molecule has 1 saturated carbocycles. The van der Waals surface area contributed by atoms with E-state index in [1.165, 1.54) is 6.42 Å². The summed E-state index contributed by atoms with van der Waals surface area (Å²) in [6.07, 6.45) is 6.29. The van der Waals surface area contributed by atoms with Gasteiger partial charge in [-0.1, -0.05) is 31.9 Å². The topological polar surface area (TPSA) is 61.9 Å². The van der Waals surface area contributed by atoms with E-state index in [2.05, 4.69) is 24.2 Å². The van der Waals surface area contributed by atoms with E-state index >= 15 is 0 Å². The molecule has 0 aromatic heterocycles. The van der Waals surface area contributed by atoms with Crippen molar-refractivity contribution in [3.8, 4) is 5.75 Å². The fraction of sp³-hybridized carbons (Fsp3) is 0.652. The molecule has 1 aromatic carbocycles. The third kappa shape index (κ3) is 4.42. The number of benzene rings is 1. The molecule has 0 radical (unpaired) electrons. The number of para-hydroxylation sites is 1. The number of carbonyl (C=O) groups excluding carboxylic acids is 2. The van der Waals surface area contributed by atoms with Crippen LogP contribution < -0.4 is 10.1 Å². The molecule has 4 rings (SSSR count). The predicted molar refractivity (Wildman–Crippen MR) is 112 cm³/mol. The molecule has 3 aliphatic rings. The van der Waals surface area contributed by atoms with E-state index in [1.54, 1.807) is 11.0 Å². The standard InChI is InChI=1S/C23H33N3O3/c1-17-7-3-5-9-19(17)24-21(27)15-26-16-23(11-13-25(2)14-12-23)29-20-10-6-4-8-18(20)22(26)28/h4,6,8,10,17,19H,3,5,7,9,11-16H2,1-2H3,(H,24,27). The van der Waals surface area contributed by atoms with Crippen LogP contribution in [0.25, 0.3) is 0 Å². The van der Waals surface area contributed by atoms with E-state index < -0.39 is 5.60 Å². The van der Waals surface area contributed by atoms with Crippen molar-refractivity contribution in [3.63, 3.8) is 0 Å². The number of nitrogens with zero attached hydrogens (tertiary/aromatic N) is 2. The number of amides is 2. The summed E-state index contributed by atoms with van der Waals surface area (Å²) in [7, 11) is 2.11. The number of hydrogen-bond acceptors (Lipinski definition) is 4. The van der Waals surface area contributed by atoms with Gasteiger partial charge in [0.05, 0.1) is 12.1 Å². The highest BCUT2D eigenvalue weighted by Crippen LogP contribution is 2.35. The lowest BCUT2D eigenvalue weighted by molar-refractivity contribution is -0.123. The summed E-state index contributed by atoms with van der Waals surface area (Å²) in [5.74, 6) is 0.977. The van der Waals surface area contributed by atoms with Gasteiger partial charge in [0.25, 0.3) is 5.91 Å². The maximum Gasteiger partial charge on any atom is 0.258 e. The highest BCUT2D eigenvalue weighted by atomic mass is 16.5. The molecule has 2 heterocycles. The van der Waals surface area contributed by atoms with Crippen LogP contribution in [0.15, 0.2) is 24.3 Å². The van der Waals surface area contributed by atoms with Crippen LogP contribution in [-0.4, -0.2) is 66.5 Å². The first kappa shape index (κ1) is 20.2. The largest absolute Gasteiger partial charge is 0.484 e. The lowest BCUT2D eigenvalue weighted by Gasteiger charge is -2.41. The molecular weight excluding hydrogens is 366 g/mol. The maximum absolute atomic E-state index is 13.3. The number of carbonyl (C=O) groups is 2. The Morgan fingerprint density at radius 2 is 1.93 bits per heavy atom. The number of likely N-dealkylation sites (tertiary alicyclic amines) is 1. The number of ether oxygens (including phenoxy) is 1. The molecule has 1 spiro atoms. The maximum atomic E-state index is 13.3. The molecule has 0 bridgehead atoms. The summed E-state index contributed by atoms with van der Waals surface area (Å²) >= 11 is 0. The lowest BCUT2D eigenvalue weighted by Crippen LogP contribution is -2.55. The third-order valence-corrected chi connectivity index (χ3v) is 6.90. The zero-order valence-electron chi connectivity index (χ0n) is 17.7. The van der Waals surface area contributed by atoms with Gasteiger partial charge >= 0.3 is 0 Å². The SMILES string of the molecule is CC1CCCCC1NC(=O)CN1CC2(CCN(C)CC2)Oc2ccccc2C1=O. The van der Waals surface area contributed by atoms with Gasteiger partial charge in [0, 0.05) is 32.0 Å². The monoisotopic (exact) mass is 399 g/mol. The Hall–Kier alpha value is -2.08. The molecule has 6 nitrogen and oxygen atoms in total. The van der Waals surface area contributed by atoms with E-state index in [1.807, 2.05) is 18.2 Å². The van der Waals surface area contributed by atoms with Gasteiger partial charge in [-0.05, 0) is 37.9 Å². The van der Waals surface area contributed by atoms with Crippen molar-refractivity contribution in [2.75, 3.05) is 33.2 Å². The van der Waals surface area contributed by atoms with Gasteiger partial charge in [0.15, 0.2) is 0 Å². The average Bonchev–Trinajstić information content (AvgIpc) is 2.82. The van der Waals surface area contributed by atoms with Gasteiger partial charge in [-0.15, -0.1) is 0 Å². The fourth-order valence-corrected chi connectivity index (χ4v) is 4.96. The minimum Gasteiger partial charge on any atom is -0.484 e. The van der Waals surface area contributed by atoms with Crippen molar-refractivity contribution in [2.45, 2.75) is 57.1 Å². The Kier molecular flexibility index (Phi) is 5.81. The molecular formula is C23H33N3O3. The van der Waals surface area contributed by atoms with Gasteiger partial charge in [-0.25, -0.2) is 0 Å². The zero-order valence-corrected chi connectivity index (χ0v) is 17.7. The molecule has 2 amide bonds. The smallest absolute Gasteiger partial charge is 0.258 e. The Bertz CT molecular complexity index is 757. The Balaban J connectivity index is 1.53. The van der Waals surface area contributed by atoms with Crippen LogP contribution in [0.4, 0.5) is 0 Å². The molecule has 1 N–H and O–H groups in total. The summed E-state index contributed by atoms with van der Waals surface area (Å²) in [4.78, 5) is 30.1. The zero-order chi connectivity index (χ0) is 20.4. The second kappa shape index (κ2) is 8.34. The number of hydrogen-bond donors (Lipinski definition) is 1. The first-order valence-corrected chi connectivity index (χ1v) is 11.0. The van der Waals surface area contributed by atoms with E-state index in [0.29, 0.717) is 23.8 Å². The molecule has 1 aromatic rings. The molecule has 2 unspecified atom stereocenters. The van der Waals surface area contributed by atoms with Gasteiger partial charge in [-0.3, -0.25) is 9.59 Å². The normalized spacial score (nSPS) is 27.1. The highest BCUT2D eigenvalue weighted by Gasteiger charge is 2.43. The van der Waals surface area contributed by atoms with Crippen molar-refractivity contribution < 1.29 is 14.3 Å². The summed E-state index contributed by atoms with van der Waals surface area (Å²) in [5, 5.41) is 3.20. The minimum absolute atomic E-state index is 0.0560. The molecule has 2 aliphatic heterocycles. The van der Waals surface area contributed by atoms with Crippen molar-refractivity contribution in [1.82, 2.24) is 15.1 Å². The Labute approximate surface area is 173 Å². The van der Waals surface area contributed by atoms with Gasteiger partial charge in [0.1, 0.15) is 17.9 Å². The van der Waals surface area contributed by atoms with Crippen LogP contribution in [0.5, 0.6) is 5.75 Å². The van der Waals surface area contributed by atoms with Crippen LogP contribution >= 0.6 is 0 Å². The van der Waals surface area contributed by atoms with Gasteiger partial charge in [0.2, 0.25) is 5.91 Å². The van der Waals surface area contributed by atoms with Crippen LogP contribution in [0.1, 0.15) is 55.8 Å². The average molecular weight is 400 g/mol. The Morgan fingerprint density at radius 1 is 1.21 bits per heavy atom. The van der Waals surface area contributed by atoms with Crippen molar-refractivity contribution in [2.24, 2.45) is 5.92 Å². The molecule has 2 fully saturated rings. The Morgan fingerprint density at radius 3 is 2.69 bits per heavy atom. The number of rotatable bonds is 3. The van der Waals surface area contributed by atoms with E-state index in [0.717, 1.165) is 45.2 Å². The van der Waals surface area contributed by atoms with Crippen LogP contribution in [0, 0.1) is 5.92 Å². The van der Waals surface area contributed by atoms with Gasteiger partial charge in [-0.2, -0.15) is 0 Å². The van der Waals surface area contributed by atoms with Crippen LogP contribution in [0.3, 0.4) is 0 Å². The molecule has 1 saturated heterocycles. The number of piperidine rings is 1. The van der Waals surface area contributed by atoms with E-state index in [4.69, 9.17) is 4.74 Å². The number of nitrogens with one attached hydrogen (secondary N) is 1. The molecule has 6 heteroatoms. The summed E-state index contributed by atoms with van der Waals surface area (Å²) < 4.78 is 6.46. The predicted octanol–water partition coefficient (Wildman–Crippen LogP) is 2.68. The quantitative estimate of drug-likeness (QED) is 0.849. The van der Waals surface area contributed by atoms with Crippen molar-refractivity contribution >= 4 is 11.8 Å². The molecule has 158 valence electrons. The first-order valence-electron chi connectivity index (χ1n) is 11.0. The minimum atomic E-state index is -0.423. The van der Waals surface area contributed by atoms with Crippen LogP contribution in [-0.2, 0) is 4.79 Å². The van der Waals surface area contributed by atoms with Gasteiger partial charge < -0.3 is 19.9 Å². The second-order valence-electron chi connectivity index (χ2n) is 9.18.